The summed E-state index contributed by atoms with van der Waals surface area (Å²) in [7, 11) is 1.62. The molecule has 1 amide bonds. The van der Waals surface area contributed by atoms with Crippen LogP contribution in [0.1, 0.15) is 22.8 Å². The van der Waals surface area contributed by atoms with Gasteiger partial charge in [-0.05, 0) is 49.4 Å². The molecule has 2 aromatic carbocycles. The number of hydrogen-bond acceptors (Lipinski definition) is 5. The summed E-state index contributed by atoms with van der Waals surface area (Å²) in [4.78, 5) is 21.8. The molecule has 1 N–H and O–H groups in total. The Kier molecular flexibility index (Phi) is 5.48. The zero-order valence-electron chi connectivity index (χ0n) is 16.7. The summed E-state index contributed by atoms with van der Waals surface area (Å²) in [5.41, 5.74) is 7.02. The van der Waals surface area contributed by atoms with Crippen molar-refractivity contribution in [3.63, 3.8) is 0 Å². The fourth-order valence-electron chi connectivity index (χ4n) is 3.11. The lowest BCUT2D eigenvalue weighted by atomic mass is 10.0. The first kappa shape index (κ1) is 19.3. The molecule has 0 unspecified atom stereocenters. The van der Waals surface area contributed by atoms with Crippen LogP contribution in [0.15, 0.2) is 84.2 Å². The Morgan fingerprint density at radius 3 is 2.57 bits per heavy atom. The number of hydrogen-bond donors (Lipinski definition) is 1. The van der Waals surface area contributed by atoms with E-state index in [9.17, 15) is 4.79 Å². The zero-order chi connectivity index (χ0) is 20.9. The molecule has 4 aromatic rings. The lowest BCUT2D eigenvalue weighted by Gasteiger charge is -2.10. The fourth-order valence-corrected chi connectivity index (χ4v) is 3.11. The number of nitrogens with zero attached hydrogens (tertiary/aromatic N) is 3. The minimum Gasteiger partial charge on any atom is -0.497 e. The smallest absolute Gasteiger partial charge is 0.272 e. The lowest BCUT2D eigenvalue weighted by Crippen LogP contribution is -2.20. The average Bonchev–Trinajstić information content (AvgIpc) is 2.82. The van der Waals surface area contributed by atoms with E-state index in [-0.39, 0.29) is 5.91 Å². The van der Waals surface area contributed by atoms with E-state index >= 15 is 0 Å². The lowest BCUT2D eigenvalue weighted by molar-refractivity contribution is 0.0956. The molecule has 0 saturated heterocycles. The first-order chi connectivity index (χ1) is 14.7. The molecule has 2 aromatic heterocycles. The summed E-state index contributed by atoms with van der Waals surface area (Å²) in [6.45, 7) is 1.82. The molecular weight excluding hydrogens is 376 g/mol. The number of methoxy groups -OCH3 is 1. The highest BCUT2D eigenvalue weighted by Gasteiger charge is 2.14. The Labute approximate surface area is 174 Å². The van der Waals surface area contributed by atoms with Gasteiger partial charge in [-0.3, -0.25) is 9.78 Å². The minimum absolute atomic E-state index is 0.299. The Balaban J connectivity index is 1.70. The standard InChI is InChI=1S/C24H20N4O2/c1-16(18-6-5-13-25-15-18)27-28-24(29)21-14-23(17-9-11-19(30-2)12-10-17)26-22-8-4-3-7-20(21)22/h3-15H,1-2H3,(H,28,29). The summed E-state index contributed by atoms with van der Waals surface area (Å²) < 4.78 is 5.22. The molecule has 6 heteroatoms. The average molecular weight is 396 g/mol. The molecule has 4 rings (SSSR count). The van der Waals surface area contributed by atoms with Crippen molar-refractivity contribution in [1.29, 1.82) is 0 Å². The van der Waals surface area contributed by atoms with E-state index in [0.717, 1.165) is 27.8 Å². The van der Waals surface area contributed by atoms with Gasteiger partial charge < -0.3 is 4.74 Å². The summed E-state index contributed by atoms with van der Waals surface area (Å²) in [6, 6.07) is 20.6. The maximum Gasteiger partial charge on any atom is 0.272 e. The largest absolute Gasteiger partial charge is 0.497 e. The second kappa shape index (κ2) is 8.53. The molecule has 0 bridgehead atoms. The zero-order valence-corrected chi connectivity index (χ0v) is 16.7. The number of hydrazone groups is 1. The monoisotopic (exact) mass is 396 g/mol. The number of para-hydroxylation sites is 1. The molecule has 0 fully saturated rings. The summed E-state index contributed by atoms with van der Waals surface area (Å²) in [5, 5.41) is 5.01. The van der Waals surface area contributed by atoms with Crippen molar-refractivity contribution in [3.05, 3.63) is 90.3 Å². The van der Waals surface area contributed by atoms with Crippen molar-refractivity contribution in [1.82, 2.24) is 15.4 Å². The fraction of sp³-hybridized carbons (Fsp3) is 0.0833. The predicted molar refractivity (Wildman–Crippen MR) is 118 cm³/mol. The Hall–Kier alpha value is -4.06. The number of fused-ring (bicyclic) bond motifs is 1. The van der Waals surface area contributed by atoms with E-state index in [1.54, 1.807) is 25.6 Å². The van der Waals surface area contributed by atoms with Gasteiger partial charge in [0.15, 0.2) is 0 Å². The van der Waals surface area contributed by atoms with E-state index in [1.807, 2.05) is 67.6 Å². The van der Waals surface area contributed by atoms with Crippen LogP contribution in [-0.2, 0) is 0 Å². The molecule has 0 aliphatic carbocycles. The third-order valence-electron chi connectivity index (χ3n) is 4.75. The van der Waals surface area contributed by atoms with Gasteiger partial charge in [-0.25, -0.2) is 10.4 Å². The number of aromatic nitrogens is 2. The second-order valence-corrected chi connectivity index (χ2v) is 6.68. The number of pyridine rings is 2. The van der Waals surface area contributed by atoms with Crippen LogP contribution in [0, 0.1) is 0 Å². The van der Waals surface area contributed by atoms with Gasteiger partial charge >= 0.3 is 0 Å². The predicted octanol–water partition coefficient (Wildman–Crippen LogP) is 4.46. The van der Waals surface area contributed by atoms with Crippen LogP contribution in [0.4, 0.5) is 0 Å². The number of nitrogens with one attached hydrogen (secondary N) is 1. The molecule has 0 atom stereocenters. The van der Waals surface area contributed by atoms with E-state index in [2.05, 4.69) is 15.5 Å². The number of carbonyl (C=O) groups excluding carboxylic acids is 1. The summed E-state index contributed by atoms with van der Waals surface area (Å²) in [6.07, 6.45) is 3.40. The van der Waals surface area contributed by atoms with Crippen LogP contribution in [0.5, 0.6) is 5.75 Å². The molecule has 6 nitrogen and oxygen atoms in total. The summed E-state index contributed by atoms with van der Waals surface area (Å²) >= 11 is 0. The van der Waals surface area contributed by atoms with E-state index < -0.39 is 0 Å². The third kappa shape index (κ3) is 4.03. The number of rotatable bonds is 5. The molecular formula is C24H20N4O2. The number of ether oxygens (including phenoxy) is 1. The quantitative estimate of drug-likeness (QED) is 0.399. The molecule has 0 spiro atoms. The topological polar surface area (TPSA) is 76.5 Å². The van der Waals surface area contributed by atoms with Crippen LogP contribution in [0.25, 0.3) is 22.2 Å². The highest BCUT2D eigenvalue weighted by atomic mass is 16.5. The van der Waals surface area contributed by atoms with E-state index in [4.69, 9.17) is 9.72 Å². The SMILES string of the molecule is COc1ccc(-c2cc(C(=O)NN=C(C)c3cccnc3)c3ccccc3n2)cc1. The van der Waals surface area contributed by atoms with Crippen molar-refractivity contribution in [2.45, 2.75) is 6.92 Å². The van der Waals surface area contributed by atoms with E-state index in [0.29, 0.717) is 17.0 Å². The molecule has 0 radical (unpaired) electrons. The minimum atomic E-state index is -0.299. The highest BCUT2D eigenvalue weighted by Crippen LogP contribution is 2.26. The van der Waals surface area contributed by atoms with Crippen molar-refractivity contribution >= 4 is 22.5 Å². The van der Waals surface area contributed by atoms with Crippen molar-refractivity contribution < 1.29 is 9.53 Å². The number of benzene rings is 2. The Morgan fingerprint density at radius 1 is 1.03 bits per heavy atom. The third-order valence-corrected chi connectivity index (χ3v) is 4.75. The van der Waals surface area contributed by atoms with Gasteiger partial charge in [-0.15, -0.1) is 0 Å². The van der Waals surface area contributed by atoms with Gasteiger partial charge in [-0.1, -0.05) is 24.3 Å². The van der Waals surface area contributed by atoms with Gasteiger partial charge in [0.2, 0.25) is 0 Å². The van der Waals surface area contributed by atoms with Gasteiger partial charge in [0, 0.05) is 28.9 Å². The van der Waals surface area contributed by atoms with Crippen LogP contribution in [0.2, 0.25) is 0 Å². The molecule has 148 valence electrons. The Morgan fingerprint density at radius 2 is 1.83 bits per heavy atom. The Bertz CT molecular complexity index is 1220. The first-order valence-electron chi connectivity index (χ1n) is 9.45. The van der Waals surface area contributed by atoms with Crippen LogP contribution < -0.4 is 10.2 Å². The van der Waals surface area contributed by atoms with Crippen molar-refractivity contribution in [3.8, 4) is 17.0 Å². The normalized spacial score (nSPS) is 11.3. The first-order valence-corrected chi connectivity index (χ1v) is 9.45. The molecule has 0 saturated carbocycles. The van der Waals surface area contributed by atoms with Crippen molar-refractivity contribution in [2.75, 3.05) is 7.11 Å². The van der Waals surface area contributed by atoms with Crippen molar-refractivity contribution in [2.24, 2.45) is 5.10 Å². The highest BCUT2D eigenvalue weighted by molar-refractivity contribution is 6.08. The van der Waals surface area contributed by atoms with Crippen LogP contribution >= 0.6 is 0 Å². The maximum atomic E-state index is 13.0. The number of amides is 1. The number of carbonyl (C=O) groups is 1. The van der Waals surface area contributed by atoms with E-state index in [1.165, 1.54) is 0 Å². The maximum absolute atomic E-state index is 13.0. The second-order valence-electron chi connectivity index (χ2n) is 6.68. The van der Waals surface area contributed by atoms with Gasteiger partial charge in [-0.2, -0.15) is 5.10 Å². The molecule has 0 aliphatic heterocycles. The van der Waals surface area contributed by atoms with Gasteiger partial charge in [0.1, 0.15) is 5.75 Å². The van der Waals surface area contributed by atoms with Crippen LogP contribution in [-0.4, -0.2) is 28.7 Å². The van der Waals surface area contributed by atoms with Gasteiger partial charge in [0.05, 0.1) is 29.6 Å². The molecule has 2 heterocycles. The molecule has 30 heavy (non-hydrogen) atoms. The van der Waals surface area contributed by atoms with Gasteiger partial charge in [0.25, 0.3) is 5.91 Å². The van der Waals surface area contributed by atoms with Crippen LogP contribution in [0.3, 0.4) is 0 Å². The molecule has 0 aliphatic rings. The summed E-state index contributed by atoms with van der Waals surface area (Å²) in [5.74, 6) is 0.462.